The average Bonchev–Trinajstić information content (AvgIpc) is 2.46. The Hall–Kier alpha value is -2.83. The first-order chi connectivity index (χ1) is 10.1. The van der Waals surface area contributed by atoms with Crippen LogP contribution in [0.1, 0.15) is 5.69 Å². The number of ether oxygens (including phenoxy) is 2. The molecule has 0 saturated heterocycles. The smallest absolute Gasteiger partial charge is 0.264 e. The first kappa shape index (κ1) is 14.6. The van der Waals surface area contributed by atoms with Gasteiger partial charge in [-0.3, -0.25) is 10.1 Å². The molecule has 7 nitrogen and oxygen atoms in total. The third kappa shape index (κ3) is 4.34. The number of hydrogen-bond acceptors (Lipinski definition) is 6. The predicted octanol–water partition coefficient (Wildman–Crippen LogP) is 1.39. The minimum absolute atomic E-state index is 0.149. The fraction of sp³-hybridized carbons (Fsp3) is 0.214. The number of amides is 1. The van der Waals surface area contributed by atoms with Gasteiger partial charge in [0.2, 0.25) is 11.8 Å². The molecule has 7 heteroatoms. The van der Waals surface area contributed by atoms with Crippen LogP contribution in [0.25, 0.3) is 0 Å². The molecule has 0 atom stereocenters. The van der Waals surface area contributed by atoms with Crippen LogP contribution in [-0.2, 0) is 4.79 Å². The van der Waals surface area contributed by atoms with E-state index in [1.54, 1.807) is 37.3 Å². The van der Waals surface area contributed by atoms with Gasteiger partial charge in [-0.2, -0.15) is 4.98 Å². The molecule has 1 amide bonds. The summed E-state index contributed by atoms with van der Waals surface area (Å²) in [4.78, 5) is 19.9. The number of nitrogens with zero attached hydrogens (tertiary/aromatic N) is 2. The molecule has 0 saturated carbocycles. The van der Waals surface area contributed by atoms with Crippen molar-refractivity contribution in [1.29, 1.82) is 0 Å². The molecule has 0 aliphatic rings. The number of hydrogen-bond donors (Lipinski definition) is 2. The van der Waals surface area contributed by atoms with Gasteiger partial charge in [0.25, 0.3) is 5.91 Å². The van der Waals surface area contributed by atoms with E-state index < -0.39 is 0 Å². The summed E-state index contributed by atoms with van der Waals surface area (Å²) in [5.74, 6) is 0.761. The summed E-state index contributed by atoms with van der Waals surface area (Å²) in [6.45, 7) is 1.63. The second kappa shape index (κ2) is 6.56. The molecule has 21 heavy (non-hydrogen) atoms. The number of benzene rings is 1. The van der Waals surface area contributed by atoms with Crippen molar-refractivity contribution < 1.29 is 14.3 Å². The van der Waals surface area contributed by atoms with E-state index in [0.29, 0.717) is 23.0 Å². The summed E-state index contributed by atoms with van der Waals surface area (Å²) in [6.07, 6.45) is 0. The fourth-order valence-corrected chi connectivity index (χ4v) is 1.57. The monoisotopic (exact) mass is 288 g/mol. The summed E-state index contributed by atoms with van der Waals surface area (Å²) in [7, 11) is 1.50. The Bertz CT molecular complexity index is 629. The zero-order chi connectivity index (χ0) is 15.2. The fourth-order valence-electron chi connectivity index (χ4n) is 1.57. The minimum atomic E-state index is -0.362. The maximum absolute atomic E-state index is 11.8. The molecule has 0 aliphatic heterocycles. The molecule has 0 radical (unpaired) electrons. The van der Waals surface area contributed by atoms with Gasteiger partial charge in [0.05, 0.1) is 7.11 Å². The van der Waals surface area contributed by atoms with Crippen molar-refractivity contribution >= 4 is 17.5 Å². The number of anilines is 2. The molecule has 3 N–H and O–H groups in total. The molecule has 1 aromatic heterocycles. The van der Waals surface area contributed by atoms with Crippen LogP contribution in [0.4, 0.5) is 11.6 Å². The number of nitrogen functional groups attached to an aromatic ring is 1. The van der Waals surface area contributed by atoms with E-state index in [9.17, 15) is 4.79 Å². The number of methoxy groups -OCH3 is 1. The lowest BCUT2D eigenvalue weighted by atomic mass is 10.3. The molecular weight excluding hydrogens is 272 g/mol. The number of carbonyl (C=O) groups is 1. The number of carbonyl (C=O) groups excluding carboxylic acids is 1. The summed E-state index contributed by atoms with van der Waals surface area (Å²) in [5, 5.41) is 2.55. The minimum Gasteiger partial charge on any atom is -0.484 e. The van der Waals surface area contributed by atoms with Crippen molar-refractivity contribution in [3.63, 3.8) is 0 Å². The van der Waals surface area contributed by atoms with Crippen molar-refractivity contribution in [3.05, 3.63) is 36.0 Å². The van der Waals surface area contributed by atoms with Gasteiger partial charge >= 0.3 is 0 Å². The molecule has 1 heterocycles. The van der Waals surface area contributed by atoms with Gasteiger partial charge in [0.1, 0.15) is 5.75 Å². The van der Waals surface area contributed by atoms with Crippen molar-refractivity contribution in [1.82, 2.24) is 9.97 Å². The first-order valence-corrected chi connectivity index (χ1v) is 6.24. The lowest BCUT2D eigenvalue weighted by Gasteiger charge is -2.08. The number of nitrogens with one attached hydrogen (secondary N) is 1. The lowest BCUT2D eigenvalue weighted by molar-refractivity contribution is -0.118. The Morgan fingerprint density at radius 1 is 1.29 bits per heavy atom. The summed E-state index contributed by atoms with van der Waals surface area (Å²) >= 11 is 0. The maximum Gasteiger partial charge on any atom is 0.264 e. The number of aromatic nitrogens is 2. The molecule has 2 aromatic rings. The molecule has 1 aromatic carbocycles. The lowest BCUT2D eigenvalue weighted by Crippen LogP contribution is -2.21. The third-order valence-corrected chi connectivity index (χ3v) is 2.54. The Labute approximate surface area is 122 Å². The van der Waals surface area contributed by atoms with E-state index in [2.05, 4.69) is 15.3 Å². The van der Waals surface area contributed by atoms with Gasteiger partial charge in [0, 0.05) is 17.4 Å². The Morgan fingerprint density at radius 3 is 2.67 bits per heavy atom. The van der Waals surface area contributed by atoms with Gasteiger partial charge in [-0.05, 0) is 31.2 Å². The average molecular weight is 288 g/mol. The zero-order valence-corrected chi connectivity index (χ0v) is 11.8. The first-order valence-electron chi connectivity index (χ1n) is 6.24. The van der Waals surface area contributed by atoms with Crippen molar-refractivity contribution in [2.75, 3.05) is 24.8 Å². The van der Waals surface area contributed by atoms with Crippen LogP contribution in [0.15, 0.2) is 30.3 Å². The number of aryl methyl sites for hydroxylation is 1. The van der Waals surface area contributed by atoms with Gasteiger partial charge in [-0.1, -0.05) is 0 Å². The topological polar surface area (TPSA) is 99.4 Å². The zero-order valence-electron chi connectivity index (χ0n) is 11.8. The van der Waals surface area contributed by atoms with Crippen LogP contribution in [0.5, 0.6) is 11.6 Å². The molecule has 0 unspecified atom stereocenters. The normalized spacial score (nSPS) is 10.0. The summed E-state index contributed by atoms with van der Waals surface area (Å²) < 4.78 is 10.3. The van der Waals surface area contributed by atoms with E-state index in [1.165, 1.54) is 7.11 Å². The van der Waals surface area contributed by atoms with Crippen molar-refractivity contribution in [2.45, 2.75) is 6.92 Å². The SMILES string of the molecule is COc1cc(C)nc(NC(=O)COc2ccc(N)cc2)n1. The number of nitrogens with two attached hydrogens (primary N) is 1. The second-order valence-electron chi connectivity index (χ2n) is 4.28. The largest absolute Gasteiger partial charge is 0.484 e. The molecular formula is C14H16N4O3. The quantitative estimate of drug-likeness (QED) is 0.807. The molecule has 110 valence electrons. The van der Waals surface area contributed by atoms with Gasteiger partial charge in [-0.15, -0.1) is 0 Å². The second-order valence-corrected chi connectivity index (χ2v) is 4.28. The number of rotatable bonds is 5. The molecule has 0 aliphatic carbocycles. The van der Waals surface area contributed by atoms with Crippen LogP contribution < -0.4 is 20.5 Å². The molecule has 2 rings (SSSR count). The highest BCUT2D eigenvalue weighted by atomic mass is 16.5. The van der Waals surface area contributed by atoms with Gasteiger partial charge < -0.3 is 15.2 Å². The van der Waals surface area contributed by atoms with E-state index in [0.717, 1.165) is 0 Å². The van der Waals surface area contributed by atoms with Crippen molar-refractivity contribution in [3.8, 4) is 11.6 Å². The molecule has 0 bridgehead atoms. The van der Waals surface area contributed by atoms with Crippen LogP contribution in [0, 0.1) is 6.92 Å². The Kier molecular flexibility index (Phi) is 4.55. The van der Waals surface area contributed by atoms with Crippen LogP contribution in [0.2, 0.25) is 0 Å². The van der Waals surface area contributed by atoms with Gasteiger partial charge in [0.15, 0.2) is 6.61 Å². The Morgan fingerprint density at radius 2 is 2.00 bits per heavy atom. The highest BCUT2D eigenvalue weighted by Gasteiger charge is 2.08. The predicted molar refractivity (Wildman–Crippen MR) is 78.3 cm³/mol. The van der Waals surface area contributed by atoms with Crippen LogP contribution in [0.3, 0.4) is 0 Å². The van der Waals surface area contributed by atoms with E-state index in [-0.39, 0.29) is 18.5 Å². The maximum atomic E-state index is 11.8. The summed E-state index contributed by atoms with van der Waals surface area (Å²) in [5.41, 5.74) is 6.89. The van der Waals surface area contributed by atoms with Crippen molar-refractivity contribution in [2.24, 2.45) is 0 Å². The highest BCUT2D eigenvalue weighted by molar-refractivity contribution is 5.90. The van der Waals surface area contributed by atoms with Crippen LogP contribution >= 0.6 is 0 Å². The summed E-state index contributed by atoms with van der Waals surface area (Å²) in [6, 6.07) is 8.44. The van der Waals surface area contributed by atoms with Crippen LogP contribution in [-0.4, -0.2) is 29.6 Å². The van der Waals surface area contributed by atoms with E-state index >= 15 is 0 Å². The molecule has 0 fully saturated rings. The standard InChI is InChI=1S/C14H16N4O3/c1-9-7-13(20-2)18-14(16-9)17-12(19)8-21-11-5-3-10(15)4-6-11/h3-7H,8,15H2,1-2H3,(H,16,17,18,19). The van der Waals surface area contributed by atoms with Gasteiger partial charge in [-0.25, -0.2) is 4.98 Å². The third-order valence-electron chi connectivity index (χ3n) is 2.54. The highest BCUT2D eigenvalue weighted by Crippen LogP contribution is 2.13. The molecule has 0 spiro atoms. The Balaban J connectivity index is 1.92. The van der Waals surface area contributed by atoms with E-state index in [1.807, 2.05) is 0 Å². The van der Waals surface area contributed by atoms with E-state index in [4.69, 9.17) is 15.2 Å².